The fraction of sp³-hybridized carbons (Fsp3) is 0.143. The minimum absolute atomic E-state index is 0.427. The summed E-state index contributed by atoms with van der Waals surface area (Å²) < 4.78 is 1.94. The van der Waals surface area contributed by atoms with Gasteiger partial charge in [-0.2, -0.15) is 0 Å². The summed E-state index contributed by atoms with van der Waals surface area (Å²) in [6, 6.07) is 13.0. The van der Waals surface area contributed by atoms with Crippen LogP contribution in [0.1, 0.15) is 11.7 Å². The average molecular weight is 406 g/mol. The van der Waals surface area contributed by atoms with E-state index in [1.54, 1.807) is 12.1 Å². The molecule has 0 spiro atoms. The lowest BCUT2D eigenvalue weighted by atomic mass is 10.1. The zero-order valence-corrected chi connectivity index (χ0v) is 13.8. The molecule has 0 aliphatic heterocycles. The lowest BCUT2D eigenvalue weighted by Gasteiger charge is -2.14. The highest BCUT2D eigenvalue weighted by atomic mass is 79.9. The Morgan fingerprint density at radius 1 is 1.11 bits per heavy atom. The molecule has 0 saturated carbocycles. The van der Waals surface area contributed by atoms with E-state index < -0.39 is 6.10 Å². The molecule has 0 aromatic heterocycles. The van der Waals surface area contributed by atoms with E-state index in [1.807, 2.05) is 30.3 Å². The van der Waals surface area contributed by atoms with Crippen LogP contribution in [0.2, 0.25) is 5.02 Å². The smallest absolute Gasteiger partial charge is 0.0962 e. The first kappa shape index (κ1) is 14.9. The number of aliphatic hydroxyl groups excluding tert-OH is 1. The molecule has 2 N–H and O–H groups in total. The lowest BCUT2D eigenvalue weighted by Crippen LogP contribution is -2.12. The standard InChI is InChI=1S/C14H12Br2ClNO/c15-10-3-6-12(16)13(7-10)18-8-14(19)9-1-4-11(17)5-2-9/h1-7,14,18-19H,8H2. The van der Waals surface area contributed by atoms with E-state index in [0.29, 0.717) is 11.6 Å². The molecular weight excluding hydrogens is 393 g/mol. The van der Waals surface area contributed by atoms with Crippen molar-refractivity contribution in [2.45, 2.75) is 6.10 Å². The van der Waals surface area contributed by atoms with Crippen molar-refractivity contribution in [2.24, 2.45) is 0 Å². The van der Waals surface area contributed by atoms with Crippen LogP contribution in [-0.4, -0.2) is 11.7 Å². The Hall–Kier alpha value is -0.550. The van der Waals surface area contributed by atoms with E-state index in [4.69, 9.17) is 11.6 Å². The van der Waals surface area contributed by atoms with Gasteiger partial charge in [-0.25, -0.2) is 0 Å². The largest absolute Gasteiger partial charge is 0.387 e. The number of anilines is 1. The van der Waals surface area contributed by atoms with Crippen molar-refractivity contribution in [1.82, 2.24) is 0 Å². The summed E-state index contributed by atoms with van der Waals surface area (Å²) in [6.07, 6.45) is -0.580. The molecule has 2 nitrogen and oxygen atoms in total. The Morgan fingerprint density at radius 3 is 2.47 bits per heavy atom. The summed E-state index contributed by atoms with van der Waals surface area (Å²) in [4.78, 5) is 0. The number of hydrogen-bond donors (Lipinski definition) is 2. The van der Waals surface area contributed by atoms with E-state index in [9.17, 15) is 5.11 Å². The summed E-state index contributed by atoms with van der Waals surface area (Å²) in [7, 11) is 0. The summed E-state index contributed by atoms with van der Waals surface area (Å²) in [5, 5.41) is 14.0. The maximum Gasteiger partial charge on any atom is 0.0962 e. The Bertz CT molecular complexity index is 560. The van der Waals surface area contributed by atoms with Gasteiger partial charge in [-0.3, -0.25) is 0 Å². The highest BCUT2D eigenvalue weighted by Gasteiger charge is 2.08. The molecule has 100 valence electrons. The van der Waals surface area contributed by atoms with Gasteiger partial charge in [0.05, 0.1) is 6.10 Å². The molecule has 19 heavy (non-hydrogen) atoms. The Morgan fingerprint density at radius 2 is 1.79 bits per heavy atom. The van der Waals surface area contributed by atoms with E-state index in [1.165, 1.54) is 0 Å². The first-order valence-corrected chi connectivity index (χ1v) is 7.65. The molecule has 0 saturated heterocycles. The topological polar surface area (TPSA) is 32.3 Å². The second-order valence-electron chi connectivity index (χ2n) is 4.07. The highest BCUT2D eigenvalue weighted by molar-refractivity contribution is 9.11. The van der Waals surface area contributed by atoms with Crippen LogP contribution in [0.4, 0.5) is 5.69 Å². The van der Waals surface area contributed by atoms with Gasteiger partial charge in [0.1, 0.15) is 0 Å². The monoisotopic (exact) mass is 403 g/mol. The molecule has 0 radical (unpaired) electrons. The second-order valence-corrected chi connectivity index (χ2v) is 6.28. The van der Waals surface area contributed by atoms with Crippen LogP contribution >= 0.6 is 43.5 Å². The van der Waals surface area contributed by atoms with Gasteiger partial charge in [0.25, 0.3) is 0 Å². The number of rotatable bonds is 4. The molecule has 2 aromatic rings. The van der Waals surface area contributed by atoms with Crippen LogP contribution in [0, 0.1) is 0 Å². The van der Waals surface area contributed by atoms with E-state index in [0.717, 1.165) is 20.2 Å². The van der Waals surface area contributed by atoms with E-state index in [2.05, 4.69) is 37.2 Å². The van der Waals surface area contributed by atoms with E-state index >= 15 is 0 Å². The van der Waals surface area contributed by atoms with Crippen LogP contribution in [0.3, 0.4) is 0 Å². The summed E-state index contributed by atoms with van der Waals surface area (Å²) >= 11 is 12.7. The molecule has 1 atom stereocenters. The molecule has 0 bridgehead atoms. The number of nitrogens with one attached hydrogen (secondary N) is 1. The summed E-state index contributed by atoms with van der Waals surface area (Å²) in [6.45, 7) is 0.427. The van der Waals surface area contributed by atoms with Crippen LogP contribution in [0.15, 0.2) is 51.4 Å². The van der Waals surface area contributed by atoms with Gasteiger partial charge < -0.3 is 10.4 Å². The second kappa shape index (κ2) is 6.75. The molecule has 1 unspecified atom stereocenters. The Labute approximate surface area is 134 Å². The fourth-order valence-electron chi connectivity index (χ4n) is 1.64. The van der Waals surface area contributed by atoms with Crippen molar-refractivity contribution in [2.75, 3.05) is 11.9 Å². The van der Waals surface area contributed by atoms with Gasteiger partial charge in [-0.05, 0) is 51.8 Å². The predicted octanol–water partition coefficient (Wildman–Crippen LogP) is 5.01. The SMILES string of the molecule is OC(CNc1cc(Br)ccc1Br)c1ccc(Cl)cc1. The van der Waals surface area contributed by atoms with Crippen molar-refractivity contribution in [3.05, 3.63) is 62.0 Å². The quantitative estimate of drug-likeness (QED) is 0.749. The van der Waals surface area contributed by atoms with Crippen LogP contribution in [0.25, 0.3) is 0 Å². The summed E-state index contributed by atoms with van der Waals surface area (Å²) in [5.74, 6) is 0. The number of hydrogen-bond acceptors (Lipinski definition) is 2. The first-order chi connectivity index (χ1) is 9.06. The van der Waals surface area contributed by atoms with Crippen LogP contribution in [0.5, 0.6) is 0 Å². The summed E-state index contributed by atoms with van der Waals surface area (Å²) in [5.41, 5.74) is 1.77. The van der Waals surface area contributed by atoms with Crippen LogP contribution < -0.4 is 5.32 Å². The molecule has 0 amide bonds. The predicted molar refractivity (Wildman–Crippen MR) is 86.7 cm³/mol. The van der Waals surface area contributed by atoms with Crippen molar-refractivity contribution in [1.29, 1.82) is 0 Å². The molecule has 0 aliphatic carbocycles. The number of aliphatic hydroxyl groups is 1. The molecule has 0 heterocycles. The molecule has 2 rings (SSSR count). The van der Waals surface area contributed by atoms with E-state index in [-0.39, 0.29) is 0 Å². The highest BCUT2D eigenvalue weighted by Crippen LogP contribution is 2.27. The lowest BCUT2D eigenvalue weighted by molar-refractivity contribution is 0.191. The molecule has 2 aromatic carbocycles. The van der Waals surface area contributed by atoms with Crippen molar-refractivity contribution < 1.29 is 5.11 Å². The van der Waals surface area contributed by atoms with Gasteiger partial charge in [-0.1, -0.05) is 39.7 Å². The normalized spacial score (nSPS) is 12.2. The maximum absolute atomic E-state index is 10.1. The molecular formula is C14H12Br2ClNO. The van der Waals surface area contributed by atoms with Gasteiger partial charge in [0, 0.05) is 26.2 Å². The van der Waals surface area contributed by atoms with Gasteiger partial charge in [0.15, 0.2) is 0 Å². The van der Waals surface area contributed by atoms with Crippen LogP contribution in [-0.2, 0) is 0 Å². The average Bonchev–Trinajstić information content (AvgIpc) is 2.40. The third-order valence-electron chi connectivity index (χ3n) is 2.67. The molecule has 5 heteroatoms. The zero-order valence-electron chi connectivity index (χ0n) is 9.91. The minimum Gasteiger partial charge on any atom is -0.387 e. The Kier molecular flexibility index (Phi) is 5.28. The maximum atomic E-state index is 10.1. The fourth-order valence-corrected chi connectivity index (χ4v) is 2.52. The van der Waals surface area contributed by atoms with Crippen molar-refractivity contribution >= 4 is 49.1 Å². The first-order valence-electron chi connectivity index (χ1n) is 5.69. The number of benzene rings is 2. The third kappa shape index (κ3) is 4.21. The molecule has 0 fully saturated rings. The molecule has 0 aliphatic rings. The Balaban J connectivity index is 2.02. The zero-order chi connectivity index (χ0) is 13.8. The van der Waals surface area contributed by atoms with Crippen molar-refractivity contribution in [3.8, 4) is 0 Å². The van der Waals surface area contributed by atoms with Gasteiger partial charge in [-0.15, -0.1) is 0 Å². The third-order valence-corrected chi connectivity index (χ3v) is 4.11. The van der Waals surface area contributed by atoms with Crippen molar-refractivity contribution in [3.63, 3.8) is 0 Å². The van der Waals surface area contributed by atoms with Gasteiger partial charge >= 0.3 is 0 Å². The minimum atomic E-state index is -0.580. The van der Waals surface area contributed by atoms with Gasteiger partial charge in [0.2, 0.25) is 0 Å². The number of halogens is 3.